The number of rotatable bonds is 10. The van der Waals surface area contributed by atoms with Gasteiger partial charge in [-0.3, -0.25) is 9.69 Å². The molecule has 2 aromatic heterocycles. The van der Waals surface area contributed by atoms with Crippen molar-refractivity contribution in [3.8, 4) is 16.9 Å². The maximum atomic E-state index is 12.3. The molecule has 0 bridgehead atoms. The van der Waals surface area contributed by atoms with Crippen molar-refractivity contribution in [2.24, 2.45) is 5.73 Å². The van der Waals surface area contributed by atoms with Crippen LogP contribution in [0.3, 0.4) is 0 Å². The van der Waals surface area contributed by atoms with Gasteiger partial charge in [-0.1, -0.05) is 17.7 Å². The fourth-order valence-electron chi connectivity index (χ4n) is 5.70. The average molecular weight is 619 g/mol. The highest BCUT2D eigenvalue weighted by atomic mass is 35.5. The van der Waals surface area contributed by atoms with Crippen LogP contribution in [-0.4, -0.2) is 92.5 Å². The highest BCUT2D eigenvalue weighted by Crippen LogP contribution is 2.32. The highest BCUT2D eigenvalue weighted by Gasteiger charge is 2.26. The molecular formula is C30H35ClN10O3. The second kappa shape index (κ2) is 13.5. The molecule has 230 valence electrons. The minimum Gasteiger partial charge on any atom is -0.487 e. The molecule has 0 radical (unpaired) electrons. The van der Waals surface area contributed by atoms with Crippen molar-refractivity contribution in [3.63, 3.8) is 0 Å². The summed E-state index contributed by atoms with van der Waals surface area (Å²) >= 11 is 6.42. The zero-order valence-corrected chi connectivity index (χ0v) is 25.2. The van der Waals surface area contributed by atoms with E-state index in [4.69, 9.17) is 26.8 Å². The predicted molar refractivity (Wildman–Crippen MR) is 166 cm³/mol. The van der Waals surface area contributed by atoms with Crippen LogP contribution in [0.1, 0.15) is 30.1 Å². The van der Waals surface area contributed by atoms with Crippen LogP contribution in [0.15, 0.2) is 55.1 Å². The second-order valence-electron chi connectivity index (χ2n) is 11.0. The molecule has 2 saturated heterocycles. The van der Waals surface area contributed by atoms with Gasteiger partial charge >= 0.3 is 0 Å². The number of benzene rings is 2. The Morgan fingerprint density at radius 1 is 1.09 bits per heavy atom. The Bertz CT molecular complexity index is 1560. The highest BCUT2D eigenvalue weighted by molar-refractivity contribution is 6.32. The molecule has 0 spiro atoms. The number of nitrogens with zero attached hydrogens (tertiary/aromatic N) is 8. The summed E-state index contributed by atoms with van der Waals surface area (Å²) in [6.45, 7) is 7.88. The Morgan fingerprint density at radius 2 is 1.86 bits per heavy atom. The van der Waals surface area contributed by atoms with Crippen LogP contribution < -0.4 is 20.7 Å². The first kappa shape index (κ1) is 29.7. The largest absolute Gasteiger partial charge is 0.487 e. The summed E-state index contributed by atoms with van der Waals surface area (Å²) in [4.78, 5) is 26.2. The summed E-state index contributed by atoms with van der Waals surface area (Å²) in [5, 5.41) is 14.9. The molecule has 0 aliphatic carbocycles. The molecule has 4 heterocycles. The van der Waals surface area contributed by atoms with Gasteiger partial charge in [-0.2, -0.15) is 0 Å². The summed E-state index contributed by atoms with van der Waals surface area (Å²) < 4.78 is 13.2. The molecule has 4 aromatic rings. The Kier molecular flexibility index (Phi) is 9.15. The topological polar surface area (TPSA) is 149 Å². The number of aromatic nitrogens is 6. The van der Waals surface area contributed by atoms with E-state index in [9.17, 15) is 4.79 Å². The molecule has 14 heteroatoms. The van der Waals surface area contributed by atoms with Crippen molar-refractivity contribution >= 4 is 34.8 Å². The average Bonchev–Trinajstić information content (AvgIpc) is 3.56. The van der Waals surface area contributed by atoms with Gasteiger partial charge in [0.2, 0.25) is 5.95 Å². The maximum Gasteiger partial charge on any atom is 0.250 e. The fraction of sp³-hybridized carbons (Fsp3) is 0.400. The zero-order chi connectivity index (χ0) is 30.5. The first-order valence-electron chi connectivity index (χ1n) is 14.7. The number of hydrogen-bond donors (Lipinski definition) is 2. The van der Waals surface area contributed by atoms with Gasteiger partial charge < -0.3 is 25.4 Å². The van der Waals surface area contributed by atoms with E-state index in [0.29, 0.717) is 40.6 Å². The normalized spacial score (nSPS) is 16.9. The number of piperidine rings is 1. The lowest BCUT2D eigenvalue weighted by Crippen LogP contribution is -2.49. The SMILES string of the molecule is C[C@@H](Cn1cnnn1)Oc1cc(-c2cnc(Nc3cc(N4CCC(N5CCOCC5)CC4)ccc3C(N)=O)nc2)ccc1Cl. The predicted octanol–water partition coefficient (Wildman–Crippen LogP) is 3.39. The first-order valence-corrected chi connectivity index (χ1v) is 15.1. The van der Waals surface area contributed by atoms with E-state index in [1.807, 2.05) is 31.2 Å². The quantitative estimate of drug-likeness (QED) is 0.269. The number of anilines is 3. The number of tetrazole rings is 1. The summed E-state index contributed by atoms with van der Waals surface area (Å²) in [7, 11) is 0. The maximum absolute atomic E-state index is 12.3. The molecule has 2 aliphatic rings. The van der Waals surface area contributed by atoms with Crippen LogP contribution >= 0.6 is 11.6 Å². The number of carbonyl (C=O) groups excluding carboxylic acids is 1. The lowest BCUT2D eigenvalue weighted by atomic mass is 10.0. The van der Waals surface area contributed by atoms with E-state index in [2.05, 4.69) is 40.6 Å². The van der Waals surface area contributed by atoms with E-state index in [-0.39, 0.29) is 6.10 Å². The van der Waals surface area contributed by atoms with Crippen molar-refractivity contribution < 1.29 is 14.3 Å². The monoisotopic (exact) mass is 618 g/mol. The number of nitrogens with one attached hydrogen (secondary N) is 1. The van der Waals surface area contributed by atoms with Crippen molar-refractivity contribution in [3.05, 3.63) is 65.7 Å². The van der Waals surface area contributed by atoms with Gasteiger partial charge in [-0.05, 0) is 66.1 Å². The Morgan fingerprint density at radius 3 is 2.57 bits per heavy atom. The van der Waals surface area contributed by atoms with Crippen molar-refractivity contribution in [2.45, 2.75) is 38.5 Å². The standard InChI is InChI=1S/C30H35ClN10O3/c1-20(18-41-19-35-37-38-41)44-28-14-21(2-5-26(28)31)22-16-33-30(34-17-22)36-27-15-24(3-4-25(27)29(32)42)39-8-6-23(7-9-39)40-10-12-43-13-11-40/h2-5,14-17,19-20,23H,6-13,18H2,1H3,(H2,32,42)(H,33,34,36)/t20-/m0/s1. The number of halogens is 1. The third-order valence-corrected chi connectivity index (χ3v) is 8.30. The minimum atomic E-state index is -0.523. The molecule has 0 unspecified atom stereocenters. The van der Waals surface area contributed by atoms with Gasteiger partial charge in [-0.15, -0.1) is 5.10 Å². The third kappa shape index (κ3) is 7.07. The molecule has 0 saturated carbocycles. The van der Waals surface area contributed by atoms with Crippen molar-refractivity contribution in [1.29, 1.82) is 0 Å². The van der Waals surface area contributed by atoms with Crippen molar-refractivity contribution in [1.82, 2.24) is 35.1 Å². The number of carbonyl (C=O) groups is 1. The molecule has 2 aromatic carbocycles. The molecule has 6 rings (SSSR count). The second-order valence-corrected chi connectivity index (χ2v) is 11.4. The van der Waals surface area contributed by atoms with E-state index in [0.717, 1.165) is 69.0 Å². The number of ether oxygens (including phenoxy) is 2. The van der Waals surface area contributed by atoms with Gasteiger partial charge in [0.25, 0.3) is 5.91 Å². The van der Waals surface area contributed by atoms with E-state index >= 15 is 0 Å². The Labute approximate surface area is 260 Å². The minimum absolute atomic E-state index is 0.222. The zero-order valence-electron chi connectivity index (χ0n) is 24.5. The van der Waals surface area contributed by atoms with Crippen LogP contribution in [0.4, 0.5) is 17.3 Å². The summed E-state index contributed by atoms with van der Waals surface area (Å²) in [5.74, 6) is 0.355. The molecule has 13 nitrogen and oxygen atoms in total. The molecule has 1 amide bonds. The lowest BCUT2D eigenvalue weighted by Gasteiger charge is -2.41. The number of primary amides is 1. The van der Waals surface area contributed by atoms with E-state index < -0.39 is 5.91 Å². The van der Waals surface area contributed by atoms with Crippen LogP contribution in [0.5, 0.6) is 5.75 Å². The summed E-state index contributed by atoms with van der Waals surface area (Å²) in [6, 6.07) is 11.7. The summed E-state index contributed by atoms with van der Waals surface area (Å²) in [5.41, 5.74) is 9.29. The van der Waals surface area contributed by atoms with Gasteiger partial charge in [0, 0.05) is 55.9 Å². The fourth-order valence-corrected chi connectivity index (χ4v) is 5.86. The van der Waals surface area contributed by atoms with E-state index in [1.54, 1.807) is 29.2 Å². The Hall–Kier alpha value is -4.33. The van der Waals surface area contributed by atoms with Gasteiger partial charge in [0.1, 0.15) is 18.2 Å². The van der Waals surface area contributed by atoms with E-state index in [1.165, 1.54) is 6.33 Å². The van der Waals surface area contributed by atoms with Crippen LogP contribution in [-0.2, 0) is 11.3 Å². The molecule has 2 fully saturated rings. The first-order chi connectivity index (χ1) is 21.4. The van der Waals surface area contributed by atoms with Crippen molar-refractivity contribution in [2.75, 3.05) is 49.6 Å². The third-order valence-electron chi connectivity index (χ3n) is 7.99. The lowest BCUT2D eigenvalue weighted by molar-refractivity contribution is 0.0115. The Balaban J connectivity index is 1.13. The van der Waals surface area contributed by atoms with Crippen LogP contribution in [0.25, 0.3) is 11.1 Å². The molecular weight excluding hydrogens is 584 g/mol. The number of morpholine rings is 1. The van der Waals surface area contributed by atoms with Gasteiger partial charge in [0.05, 0.1) is 36.0 Å². The van der Waals surface area contributed by atoms with Gasteiger partial charge in [-0.25, -0.2) is 14.6 Å². The molecule has 1 atom stereocenters. The summed E-state index contributed by atoms with van der Waals surface area (Å²) in [6.07, 6.45) is 6.89. The number of amides is 1. The number of nitrogens with two attached hydrogens (primary N) is 1. The number of hydrogen-bond acceptors (Lipinski definition) is 11. The molecule has 3 N–H and O–H groups in total. The molecule has 44 heavy (non-hydrogen) atoms. The smallest absolute Gasteiger partial charge is 0.250 e. The van der Waals surface area contributed by atoms with Crippen LogP contribution in [0.2, 0.25) is 5.02 Å². The van der Waals surface area contributed by atoms with Crippen LogP contribution in [0, 0.1) is 0 Å². The molecule has 2 aliphatic heterocycles. The van der Waals surface area contributed by atoms with Gasteiger partial charge in [0.15, 0.2) is 0 Å².